The fraction of sp³-hybridized carbons (Fsp3) is 1.00. The molecule has 0 saturated heterocycles. The first-order valence-electron chi connectivity index (χ1n) is 3.90. The van der Waals surface area contributed by atoms with E-state index in [1.165, 1.54) is 12.8 Å². The summed E-state index contributed by atoms with van der Waals surface area (Å²) in [7, 11) is 0. The van der Waals surface area contributed by atoms with Crippen LogP contribution in [0.4, 0.5) is 0 Å². The van der Waals surface area contributed by atoms with Gasteiger partial charge in [0.05, 0.1) is 0 Å². The van der Waals surface area contributed by atoms with Gasteiger partial charge in [-0.05, 0) is 0 Å². The second-order valence-corrected chi connectivity index (χ2v) is 10.7. The van der Waals surface area contributed by atoms with Crippen LogP contribution in [0.15, 0.2) is 0 Å². The fourth-order valence-corrected chi connectivity index (χ4v) is 5.66. The van der Waals surface area contributed by atoms with E-state index in [0.29, 0.717) is 0 Å². The second-order valence-electron chi connectivity index (χ2n) is 2.66. The van der Waals surface area contributed by atoms with Crippen LogP contribution in [0.25, 0.3) is 0 Å². The van der Waals surface area contributed by atoms with E-state index in [2.05, 4.69) is 27.7 Å². The molecule has 1 heteroatoms. The van der Waals surface area contributed by atoms with E-state index in [1.54, 1.807) is 0 Å². The van der Waals surface area contributed by atoms with E-state index in [0.717, 1.165) is 7.25 Å². The van der Waals surface area contributed by atoms with Crippen molar-refractivity contribution in [2.24, 2.45) is 0 Å². The van der Waals surface area contributed by atoms with Gasteiger partial charge in [-0.2, -0.15) is 0 Å². The van der Waals surface area contributed by atoms with Gasteiger partial charge >= 0.3 is 71.0 Å². The Kier molecular flexibility index (Phi) is 6.21. The molecule has 0 aromatic heterocycles. The van der Waals surface area contributed by atoms with Crippen molar-refractivity contribution in [1.29, 1.82) is 0 Å². The fourth-order valence-electron chi connectivity index (χ4n) is 0.645. The van der Waals surface area contributed by atoms with Gasteiger partial charge in [-0.1, -0.05) is 0 Å². The summed E-state index contributed by atoms with van der Waals surface area (Å²) in [5, 5.41) is 0. The molecule has 0 aromatic rings. The summed E-state index contributed by atoms with van der Waals surface area (Å²) < 4.78 is 2.22. The topological polar surface area (TPSA) is 0 Å². The zero-order valence-corrected chi connectivity index (χ0v) is 10.5. The molecule has 0 spiro atoms. The molecule has 0 aliphatic heterocycles. The zero-order valence-electron chi connectivity index (χ0n) is 7.02. The predicted molar refractivity (Wildman–Crippen MR) is 45.2 cm³/mol. The van der Waals surface area contributed by atoms with Gasteiger partial charge in [0.2, 0.25) is 0 Å². The third-order valence-electron chi connectivity index (χ3n) is 1.69. The van der Waals surface area contributed by atoms with Gasteiger partial charge in [0.25, 0.3) is 0 Å². The Hall–Kier alpha value is 0.883. The third-order valence-corrected chi connectivity index (χ3v) is 8.49. The minimum absolute atomic E-state index is 0.0849. The first kappa shape index (κ1) is 9.88. The summed E-state index contributed by atoms with van der Waals surface area (Å²) in [4.78, 5) is 0. The van der Waals surface area contributed by atoms with Crippen LogP contribution in [-0.2, 0) is 0 Å². The van der Waals surface area contributed by atoms with Crippen LogP contribution in [-0.4, -0.2) is 23.2 Å². The van der Waals surface area contributed by atoms with Crippen LogP contribution in [0.3, 0.4) is 0 Å². The summed E-state index contributed by atoms with van der Waals surface area (Å²) in [6.45, 7) is 9.47. The Morgan fingerprint density at radius 1 is 1.00 bits per heavy atom. The third kappa shape index (κ3) is 5.33. The van der Waals surface area contributed by atoms with Gasteiger partial charge in [0, 0.05) is 0 Å². The van der Waals surface area contributed by atoms with Crippen molar-refractivity contribution in [1.82, 2.24) is 0 Å². The molecule has 0 fully saturated rings. The summed E-state index contributed by atoms with van der Waals surface area (Å²) >= 11 is -0.0849. The van der Waals surface area contributed by atoms with E-state index in [4.69, 9.17) is 0 Å². The molecule has 0 heterocycles. The van der Waals surface area contributed by atoms with Crippen molar-refractivity contribution < 1.29 is 0 Å². The van der Waals surface area contributed by atoms with Crippen molar-refractivity contribution >= 4 is 23.2 Å². The van der Waals surface area contributed by atoms with Crippen LogP contribution >= 0.6 is 0 Å². The van der Waals surface area contributed by atoms with E-state index >= 15 is 0 Å². The zero-order chi connectivity index (χ0) is 7.28. The number of rotatable bonds is 4. The molecule has 0 saturated carbocycles. The predicted octanol–water partition coefficient (Wildman–Crippen LogP) is 3.13. The SMILES string of the molecule is CC[CH](C)[Bi+][CH](C)CC. The van der Waals surface area contributed by atoms with Gasteiger partial charge in [0.1, 0.15) is 0 Å². The van der Waals surface area contributed by atoms with Crippen LogP contribution < -0.4 is 0 Å². The van der Waals surface area contributed by atoms with Crippen molar-refractivity contribution in [3.63, 3.8) is 0 Å². The molecule has 9 heavy (non-hydrogen) atoms. The van der Waals surface area contributed by atoms with Crippen molar-refractivity contribution in [2.45, 2.75) is 47.8 Å². The Morgan fingerprint density at radius 3 is 1.56 bits per heavy atom. The van der Waals surface area contributed by atoms with Gasteiger partial charge < -0.3 is 0 Å². The van der Waals surface area contributed by atoms with Gasteiger partial charge in [-0.3, -0.25) is 0 Å². The maximum atomic E-state index is 2.42. The van der Waals surface area contributed by atoms with Crippen LogP contribution in [0, 0.1) is 0 Å². The van der Waals surface area contributed by atoms with E-state index in [-0.39, 0.29) is 23.2 Å². The number of hydrogen-bond donors (Lipinski definition) is 0. The molecule has 0 amide bonds. The number of hydrogen-bond acceptors (Lipinski definition) is 0. The molecule has 0 aliphatic carbocycles. The summed E-state index contributed by atoms with van der Waals surface area (Å²) in [5.74, 6) is 0. The molecule has 0 N–H and O–H groups in total. The Morgan fingerprint density at radius 2 is 1.33 bits per heavy atom. The first-order chi connectivity index (χ1) is 4.20. The molecular weight excluding hydrogens is 305 g/mol. The monoisotopic (exact) mass is 323 g/mol. The maximum absolute atomic E-state index is 2.42. The molecule has 0 nitrogen and oxygen atoms in total. The van der Waals surface area contributed by atoms with Crippen molar-refractivity contribution in [3.8, 4) is 0 Å². The van der Waals surface area contributed by atoms with E-state index < -0.39 is 0 Å². The Balaban J connectivity index is 3.22. The summed E-state index contributed by atoms with van der Waals surface area (Å²) in [6, 6.07) is 0. The van der Waals surface area contributed by atoms with Gasteiger partial charge in [0.15, 0.2) is 0 Å². The van der Waals surface area contributed by atoms with Crippen LogP contribution in [0.5, 0.6) is 0 Å². The molecule has 0 bridgehead atoms. The first-order valence-corrected chi connectivity index (χ1v) is 7.92. The van der Waals surface area contributed by atoms with Gasteiger partial charge in [-0.15, -0.1) is 0 Å². The second kappa shape index (κ2) is 5.65. The molecule has 0 aliphatic rings. The average molecular weight is 323 g/mol. The molecule has 2 radical (unpaired) electrons. The average Bonchev–Trinajstić information content (AvgIpc) is 1.87. The summed E-state index contributed by atoms with van der Waals surface area (Å²) in [6.07, 6.45) is 2.84. The molecule has 0 rings (SSSR count). The van der Waals surface area contributed by atoms with Crippen LogP contribution in [0.2, 0.25) is 7.25 Å². The van der Waals surface area contributed by atoms with Gasteiger partial charge in [-0.25, -0.2) is 0 Å². The Labute approximate surface area is 71.0 Å². The molecule has 54 valence electrons. The van der Waals surface area contributed by atoms with Crippen molar-refractivity contribution in [2.75, 3.05) is 0 Å². The molecule has 2 atom stereocenters. The standard InChI is InChI=1S/2C4H9.Bi/c2*1-3-4-2;/h2*3H,4H2,1-2H3;/q;;+1. The van der Waals surface area contributed by atoms with Crippen LogP contribution in [0.1, 0.15) is 40.5 Å². The summed E-state index contributed by atoms with van der Waals surface area (Å²) in [5.41, 5.74) is 0. The quantitative estimate of drug-likeness (QED) is 0.698. The molecule has 2 unspecified atom stereocenters. The Bertz CT molecular complexity index is 53.6. The molecule has 0 aromatic carbocycles. The van der Waals surface area contributed by atoms with E-state index in [1.807, 2.05) is 0 Å². The van der Waals surface area contributed by atoms with Crippen molar-refractivity contribution in [3.05, 3.63) is 0 Å². The van der Waals surface area contributed by atoms with E-state index in [9.17, 15) is 0 Å². The minimum atomic E-state index is -0.0849. The molecular formula is C8H18Bi+. The normalized spacial score (nSPS) is 17.3.